The van der Waals surface area contributed by atoms with Gasteiger partial charge in [0.05, 0.1) is 19.1 Å². The molecule has 0 aliphatic rings. The zero-order chi connectivity index (χ0) is 13.5. The molecule has 0 saturated heterocycles. The van der Waals surface area contributed by atoms with Crippen molar-refractivity contribution in [2.45, 2.75) is 39.2 Å². The summed E-state index contributed by atoms with van der Waals surface area (Å²) < 4.78 is 0. The van der Waals surface area contributed by atoms with Crippen molar-refractivity contribution in [2.75, 3.05) is 13.2 Å². The predicted molar refractivity (Wildman–Crippen MR) is 64.9 cm³/mol. The fraction of sp³-hybridized carbons (Fsp3) is 0.818. The van der Waals surface area contributed by atoms with Gasteiger partial charge in [0, 0.05) is 12.0 Å². The van der Waals surface area contributed by atoms with Gasteiger partial charge in [0.2, 0.25) is 11.8 Å². The van der Waals surface area contributed by atoms with Crippen LogP contribution in [0.3, 0.4) is 0 Å². The van der Waals surface area contributed by atoms with Crippen molar-refractivity contribution >= 4 is 11.8 Å². The van der Waals surface area contributed by atoms with E-state index < -0.39 is 17.9 Å². The zero-order valence-electron chi connectivity index (χ0n) is 10.5. The second-order valence-electron chi connectivity index (χ2n) is 4.36. The molecular weight excluding hydrogens is 222 g/mol. The van der Waals surface area contributed by atoms with Gasteiger partial charge < -0.3 is 21.9 Å². The van der Waals surface area contributed by atoms with Crippen LogP contribution < -0.4 is 16.8 Å². The first-order chi connectivity index (χ1) is 7.90. The summed E-state index contributed by atoms with van der Waals surface area (Å²) in [7, 11) is 0. The van der Waals surface area contributed by atoms with Gasteiger partial charge in [-0.05, 0) is 12.8 Å². The highest BCUT2D eigenvalue weighted by Gasteiger charge is 2.27. The van der Waals surface area contributed by atoms with E-state index in [1.165, 1.54) is 0 Å². The first kappa shape index (κ1) is 15.9. The fourth-order valence-corrected chi connectivity index (χ4v) is 1.49. The molecule has 0 fully saturated rings. The maximum atomic E-state index is 11.5. The summed E-state index contributed by atoms with van der Waals surface area (Å²) in [6, 6.07) is -0.919. The molecule has 0 aliphatic carbocycles. The lowest BCUT2D eigenvalue weighted by Gasteiger charge is -2.30. The Morgan fingerprint density at radius 2 is 1.88 bits per heavy atom. The first-order valence-electron chi connectivity index (χ1n) is 5.83. The Labute approximate surface area is 102 Å². The van der Waals surface area contributed by atoms with Gasteiger partial charge in [0.15, 0.2) is 0 Å². The predicted octanol–water partition coefficient (Wildman–Crippen LogP) is -0.896. The number of aliphatic hydroxyl groups is 1. The van der Waals surface area contributed by atoms with Gasteiger partial charge in [0.25, 0.3) is 0 Å². The number of hydrogen-bond donors (Lipinski definition) is 4. The van der Waals surface area contributed by atoms with Gasteiger partial charge in [0.1, 0.15) is 0 Å². The second-order valence-corrected chi connectivity index (χ2v) is 4.36. The van der Waals surface area contributed by atoms with Crippen LogP contribution in [0.25, 0.3) is 0 Å². The number of carbonyl (C=O) groups is 2. The summed E-state index contributed by atoms with van der Waals surface area (Å²) in [6.45, 7) is 4.26. The highest BCUT2D eigenvalue weighted by atomic mass is 16.3. The molecule has 100 valence electrons. The number of primary amides is 1. The Morgan fingerprint density at radius 1 is 1.35 bits per heavy atom. The summed E-state index contributed by atoms with van der Waals surface area (Å²) in [4.78, 5) is 22.2. The van der Waals surface area contributed by atoms with E-state index in [2.05, 4.69) is 5.32 Å². The van der Waals surface area contributed by atoms with E-state index in [-0.39, 0.29) is 18.4 Å². The summed E-state index contributed by atoms with van der Waals surface area (Å²) in [5, 5.41) is 12.0. The minimum absolute atomic E-state index is 0.00530. The Hall–Kier alpha value is -1.14. The Kier molecular flexibility index (Phi) is 6.75. The van der Waals surface area contributed by atoms with Crippen LogP contribution in [0.15, 0.2) is 0 Å². The molecule has 0 aromatic rings. The molecule has 0 aliphatic heterocycles. The van der Waals surface area contributed by atoms with E-state index in [0.717, 1.165) is 12.8 Å². The molecule has 0 rings (SSSR count). The van der Waals surface area contributed by atoms with Crippen molar-refractivity contribution in [2.24, 2.45) is 16.9 Å². The molecule has 1 unspecified atom stereocenters. The van der Waals surface area contributed by atoms with E-state index in [9.17, 15) is 14.7 Å². The van der Waals surface area contributed by atoms with Gasteiger partial charge in [-0.15, -0.1) is 0 Å². The SMILES string of the molecule is CCC(CC)(CO)CNC(=O)C(N)CC(N)=O. The van der Waals surface area contributed by atoms with Crippen LogP contribution >= 0.6 is 0 Å². The smallest absolute Gasteiger partial charge is 0.237 e. The van der Waals surface area contributed by atoms with Crippen LogP contribution in [0.1, 0.15) is 33.1 Å². The highest BCUT2D eigenvalue weighted by molar-refractivity contribution is 5.87. The monoisotopic (exact) mass is 245 g/mol. The van der Waals surface area contributed by atoms with Crippen LogP contribution in [0, 0.1) is 5.41 Å². The fourth-order valence-electron chi connectivity index (χ4n) is 1.49. The Bertz CT molecular complexity index is 256. The van der Waals surface area contributed by atoms with Gasteiger partial charge in [-0.25, -0.2) is 0 Å². The number of rotatable bonds is 8. The molecular formula is C11H23N3O3. The maximum absolute atomic E-state index is 11.5. The van der Waals surface area contributed by atoms with E-state index in [1.807, 2.05) is 13.8 Å². The van der Waals surface area contributed by atoms with Crippen molar-refractivity contribution in [3.8, 4) is 0 Å². The summed E-state index contributed by atoms with van der Waals surface area (Å²) in [6.07, 6.45) is 1.34. The summed E-state index contributed by atoms with van der Waals surface area (Å²) >= 11 is 0. The summed E-state index contributed by atoms with van der Waals surface area (Å²) in [5.41, 5.74) is 10.1. The van der Waals surface area contributed by atoms with Crippen molar-refractivity contribution < 1.29 is 14.7 Å². The van der Waals surface area contributed by atoms with E-state index in [1.54, 1.807) is 0 Å². The van der Waals surface area contributed by atoms with Crippen molar-refractivity contribution in [1.82, 2.24) is 5.32 Å². The van der Waals surface area contributed by atoms with E-state index in [0.29, 0.717) is 6.54 Å². The van der Waals surface area contributed by atoms with Gasteiger partial charge in [-0.3, -0.25) is 9.59 Å². The Balaban J connectivity index is 4.26. The number of amides is 2. The van der Waals surface area contributed by atoms with Gasteiger partial charge in [-0.1, -0.05) is 13.8 Å². The quantitative estimate of drug-likeness (QED) is 0.443. The third-order valence-electron chi connectivity index (χ3n) is 3.23. The van der Waals surface area contributed by atoms with Crippen LogP contribution in [0.2, 0.25) is 0 Å². The molecule has 0 heterocycles. The number of hydrogen-bond acceptors (Lipinski definition) is 4. The first-order valence-corrected chi connectivity index (χ1v) is 5.83. The summed E-state index contributed by atoms with van der Waals surface area (Å²) in [5.74, 6) is -1.02. The third-order valence-corrected chi connectivity index (χ3v) is 3.23. The molecule has 1 atom stereocenters. The minimum Gasteiger partial charge on any atom is -0.396 e. The normalized spacial score (nSPS) is 13.2. The zero-order valence-corrected chi connectivity index (χ0v) is 10.5. The molecule has 6 N–H and O–H groups in total. The van der Waals surface area contributed by atoms with Crippen molar-refractivity contribution in [3.05, 3.63) is 0 Å². The maximum Gasteiger partial charge on any atom is 0.237 e. The topological polar surface area (TPSA) is 118 Å². The number of nitrogens with two attached hydrogens (primary N) is 2. The highest BCUT2D eigenvalue weighted by Crippen LogP contribution is 2.24. The van der Waals surface area contributed by atoms with Crippen LogP contribution in [0.5, 0.6) is 0 Å². The molecule has 0 aromatic carbocycles. The van der Waals surface area contributed by atoms with Crippen LogP contribution in [-0.4, -0.2) is 36.1 Å². The molecule has 2 amide bonds. The largest absolute Gasteiger partial charge is 0.396 e. The van der Waals surface area contributed by atoms with Crippen molar-refractivity contribution in [1.29, 1.82) is 0 Å². The van der Waals surface area contributed by atoms with E-state index in [4.69, 9.17) is 11.5 Å². The van der Waals surface area contributed by atoms with Crippen molar-refractivity contribution in [3.63, 3.8) is 0 Å². The molecule has 0 saturated carbocycles. The number of nitrogens with one attached hydrogen (secondary N) is 1. The van der Waals surface area contributed by atoms with Gasteiger partial charge >= 0.3 is 0 Å². The molecule has 17 heavy (non-hydrogen) atoms. The van der Waals surface area contributed by atoms with E-state index >= 15 is 0 Å². The number of aliphatic hydroxyl groups excluding tert-OH is 1. The molecule has 0 aromatic heterocycles. The average molecular weight is 245 g/mol. The van der Waals surface area contributed by atoms with Crippen LogP contribution in [-0.2, 0) is 9.59 Å². The standard InChI is InChI=1S/C11H23N3O3/c1-3-11(4-2,7-15)6-14-10(17)8(12)5-9(13)16/h8,15H,3-7,12H2,1-2H3,(H2,13,16)(H,14,17). The third kappa shape index (κ3) is 5.14. The molecule has 6 nitrogen and oxygen atoms in total. The van der Waals surface area contributed by atoms with Crippen LogP contribution in [0.4, 0.5) is 0 Å². The second kappa shape index (κ2) is 7.24. The molecule has 0 spiro atoms. The lowest BCUT2D eigenvalue weighted by atomic mass is 9.83. The Morgan fingerprint density at radius 3 is 2.24 bits per heavy atom. The lowest BCUT2D eigenvalue weighted by Crippen LogP contribution is -2.47. The molecule has 0 radical (unpaired) electrons. The average Bonchev–Trinajstić information content (AvgIpc) is 2.30. The minimum atomic E-state index is -0.919. The number of carbonyl (C=O) groups excluding carboxylic acids is 2. The molecule has 0 bridgehead atoms. The van der Waals surface area contributed by atoms with Gasteiger partial charge in [-0.2, -0.15) is 0 Å². The lowest BCUT2D eigenvalue weighted by molar-refractivity contribution is -0.126. The molecule has 6 heteroatoms.